The van der Waals surface area contributed by atoms with Crippen LogP contribution in [0.4, 0.5) is 0 Å². The third-order valence-corrected chi connectivity index (χ3v) is 2.28. The largest absolute Gasteiger partial charge is 0.496 e. The van der Waals surface area contributed by atoms with Crippen molar-refractivity contribution in [1.29, 1.82) is 0 Å². The molecule has 17 heavy (non-hydrogen) atoms. The first-order chi connectivity index (χ1) is 8.31. The zero-order chi connectivity index (χ0) is 12.1. The summed E-state index contributed by atoms with van der Waals surface area (Å²) in [5, 5.41) is 0. The number of para-hydroxylation sites is 2. The highest BCUT2D eigenvalue weighted by Crippen LogP contribution is 2.19. The van der Waals surface area contributed by atoms with Crippen LogP contribution in [-0.2, 0) is 0 Å². The Balaban J connectivity index is 2.20. The summed E-state index contributed by atoms with van der Waals surface area (Å²) in [7, 11) is 1.52. The zero-order valence-corrected chi connectivity index (χ0v) is 9.42. The predicted molar refractivity (Wildman–Crippen MR) is 64.4 cm³/mol. The summed E-state index contributed by atoms with van der Waals surface area (Å²) in [6.45, 7) is 0. The standard InChI is InChI=1S/C14H12O3/c1-16-13-10-6-5-9-12(13)14(15)17-11-7-3-2-4-8-11/h2-10H,1H3. The van der Waals surface area contributed by atoms with E-state index in [-0.39, 0.29) is 0 Å². The minimum Gasteiger partial charge on any atom is -0.496 e. The van der Waals surface area contributed by atoms with Crippen LogP contribution in [0.2, 0.25) is 0 Å². The number of carbonyl (C=O) groups excluding carboxylic acids is 1. The number of methoxy groups -OCH3 is 1. The first-order valence-corrected chi connectivity index (χ1v) is 5.21. The maximum absolute atomic E-state index is 11.9. The van der Waals surface area contributed by atoms with Crippen LogP contribution >= 0.6 is 0 Å². The lowest BCUT2D eigenvalue weighted by Gasteiger charge is -2.07. The van der Waals surface area contributed by atoms with Crippen molar-refractivity contribution in [2.45, 2.75) is 0 Å². The molecule has 0 atom stereocenters. The number of carbonyl (C=O) groups is 1. The van der Waals surface area contributed by atoms with Gasteiger partial charge in [-0.05, 0) is 24.3 Å². The molecule has 0 aliphatic carbocycles. The molecule has 0 fully saturated rings. The second kappa shape index (κ2) is 5.16. The van der Waals surface area contributed by atoms with Gasteiger partial charge in [0.15, 0.2) is 0 Å². The van der Waals surface area contributed by atoms with Crippen LogP contribution in [0.15, 0.2) is 54.6 Å². The third-order valence-electron chi connectivity index (χ3n) is 2.28. The SMILES string of the molecule is COc1ccccc1C(=O)Oc1ccccc1. The highest BCUT2D eigenvalue weighted by Gasteiger charge is 2.13. The van der Waals surface area contributed by atoms with E-state index < -0.39 is 5.97 Å². The Morgan fingerprint density at radius 2 is 1.59 bits per heavy atom. The molecule has 0 aliphatic heterocycles. The zero-order valence-electron chi connectivity index (χ0n) is 9.42. The van der Waals surface area contributed by atoms with Crippen molar-refractivity contribution in [3.8, 4) is 11.5 Å². The molecule has 0 unspecified atom stereocenters. The lowest BCUT2D eigenvalue weighted by molar-refractivity contribution is 0.0731. The van der Waals surface area contributed by atoms with Gasteiger partial charge in [0.05, 0.1) is 7.11 Å². The number of hydrogen-bond donors (Lipinski definition) is 0. The first-order valence-electron chi connectivity index (χ1n) is 5.21. The van der Waals surface area contributed by atoms with Gasteiger partial charge < -0.3 is 9.47 Å². The molecule has 0 saturated heterocycles. The minimum absolute atomic E-state index is 0.416. The molecule has 0 bridgehead atoms. The summed E-state index contributed by atoms with van der Waals surface area (Å²) in [4.78, 5) is 11.9. The van der Waals surface area contributed by atoms with Crippen molar-refractivity contribution >= 4 is 5.97 Å². The van der Waals surface area contributed by atoms with Crippen LogP contribution in [0.1, 0.15) is 10.4 Å². The van der Waals surface area contributed by atoms with Gasteiger partial charge in [-0.15, -0.1) is 0 Å². The van der Waals surface area contributed by atoms with Gasteiger partial charge in [-0.25, -0.2) is 4.79 Å². The summed E-state index contributed by atoms with van der Waals surface area (Å²) >= 11 is 0. The molecule has 0 saturated carbocycles. The average molecular weight is 228 g/mol. The Morgan fingerprint density at radius 1 is 0.941 bits per heavy atom. The molecule has 0 N–H and O–H groups in total. The van der Waals surface area contributed by atoms with Crippen molar-refractivity contribution in [2.24, 2.45) is 0 Å². The third kappa shape index (κ3) is 2.64. The average Bonchev–Trinajstić information content (AvgIpc) is 2.40. The molecule has 0 radical (unpaired) electrons. The Bertz CT molecular complexity index is 506. The maximum atomic E-state index is 11.9. The second-order valence-electron chi connectivity index (χ2n) is 3.40. The van der Waals surface area contributed by atoms with Gasteiger partial charge in [0, 0.05) is 0 Å². The lowest BCUT2D eigenvalue weighted by atomic mass is 10.2. The van der Waals surface area contributed by atoms with E-state index in [4.69, 9.17) is 9.47 Å². The molecule has 3 heteroatoms. The van der Waals surface area contributed by atoms with Crippen LogP contribution in [-0.4, -0.2) is 13.1 Å². The Morgan fingerprint density at radius 3 is 2.29 bits per heavy atom. The van der Waals surface area contributed by atoms with E-state index >= 15 is 0 Å². The summed E-state index contributed by atoms with van der Waals surface area (Å²) in [6.07, 6.45) is 0. The van der Waals surface area contributed by atoms with Crippen molar-refractivity contribution < 1.29 is 14.3 Å². The van der Waals surface area contributed by atoms with E-state index in [9.17, 15) is 4.79 Å². The van der Waals surface area contributed by atoms with Gasteiger partial charge in [-0.1, -0.05) is 30.3 Å². The van der Waals surface area contributed by atoms with Crippen molar-refractivity contribution in [3.05, 3.63) is 60.2 Å². The molecule has 0 heterocycles. The number of esters is 1. The topological polar surface area (TPSA) is 35.5 Å². The molecule has 2 rings (SSSR count). The fourth-order valence-electron chi connectivity index (χ4n) is 1.46. The van der Waals surface area contributed by atoms with Gasteiger partial charge in [-0.2, -0.15) is 0 Å². The van der Waals surface area contributed by atoms with Crippen molar-refractivity contribution in [3.63, 3.8) is 0 Å². The molecule has 0 aromatic heterocycles. The molecule has 2 aromatic carbocycles. The second-order valence-corrected chi connectivity index (χ2v) is 3.40. The van der Waals surface area contributed by atoms with E-state index in [0.29, 0.717) is 17.1 Å². The predicted octanol–water partition coefficient (Wildman–Crippen LogP) is 2.91. The number of benzene rings is 2. The van der Waals surface area contributed by atoms with Crippen LogP contribution in [0.25, 0.3) is 0 Å². The summed E-state index contributed by atoms with van der Waals surface area (Å²) < 4.78 is 10.3. The molecular weight excluding hydrogens is 216 g/mol. The van der Waals surface area contributed by atoms with Crippen LogP contribution in [0.5, 0.6) is 11.5 Å². The molecule has 2 aromatic rings. The molecule has 0 spiro atoms. The fraction of sp³-hybridized carbons (Fsp3) is 0.0714. The van der Waals surface area contributed by atoms with Gasteiger partial charge in [0.1, 0.15) is 17.1 Å². The van der Waals surface area contributed by atoms with Gasteiger partial charge in [0.25, 0.3) is 0 Å². The minimum atomic E-state index is -0.423. The summed E-state index contributed by atoms with van der Waals surface area (Å²) in [5.41, 5.74) is 0.416. The van der Waals surface area contributed by atoms with Crippen molar-refractivity contribution in [2.75, 3.05) is 7.11 Å². The summed E-state index contributed by atoms with van der Waals surface area (Å²) in [6, 6.07) is 15.9. The molecular formula is C14H12O3. The van der Waals surface area contributed by atoms with Gasteiger partial charge in [0.2, 0.25) is 0 Å². The van der Waals surface area contributed by atoms with E-state index in [1.54, 1.807) is 36.4 Å². The summed E-state index contributed by atoms with van der Waals surface area (Å²) in [5.74, 6) is 0.602. The van der Waals surface area contributed by atoms with Crippen LogP contribution < -0.4 is 9.47 Å². The number of ether oxygens (including phenoxy) is 2. The maximum Gasteiger partial charge on any atom is 0.347 e. The number of hydrogen-bond acceptors (Lipinski definition) is 3. The van der Waals surface area contributed by atoms with Crippen molar-refractivity contribution in [1.82, 2.24) is 0 Å². The van der Waals surface area contributed by atoms with E-state index in [0.717, 1.165) is 0 Å². The fourth-order valence-corrected chi connectivity index (χ4v) is 1.46. The Kier molecular flexibility index (Phi) is 3.40. The Labute approximate surface area is 99.6 Å². The quantitative estimate of drug-likeness (QED) is 0.598. The van der Waals surface area contributed by atoms with Crippen LogP contribution in [0.3, 0.4) is 0 Å². The molecule has 86 valence electrons. The highest BCUT2D eigenvalue weighted by atomic mass is 16.5. The number of rotatable bonds is 3. The van der Waals surface area contributed by atoms with Crippen LogP contribution in [0, 0.1) is 0 Å². The van der Waals surface area contributed by atoms with E-state index in [1.165, 1.54) is 7.11 Å². The Hall–Kier alpha value is -2.29. The molecule has 3 nitrogen and oxygen atoms in total. The van der Waals surface area contributed by atoms with Gasteiger partial charge in [-0.3, -0.25) is 0 Å². The normalized spacial score (nSPS) is 9.71. The monoisotopic (exact) mass is 228 g/mol. The van der Waals surface area contributed by atoms with Gasteiger partial charge >= 0.3 is 5.97 Å². The van der Waals surface area contributed by atoms with E-state index in [2.05, 4.69) is 0 Å². The van der Waals surface area contributed by atoms with E-state index in [1.807, 2.05) is 18.2 Å². The first kappa shape index (κ1) is 11.2. The highest BCUT2D eigenvalue weighted by molar-refractivity contribution is 5.93. The molecule has 0 amide bonds. The lowest BCUT2D eigenvalue weighted by Crippen LogP contribution is -2.09. The molecule has 0 aliphatic rings. The smallest absolute Gasteiger partial charge is 0.347 e.